The number of halogens is 1. The molecule has 1 aromatic carbocycles. The second-order valence-corrected chi connectivity index (χ2v) is 5.54. The highest BCUT2D eigenvalue weighted by molar-refractivity contribution is 6.32. The van der Waals surface area contributed by atoms with E-state index in [0.717, 1.165) is 0 Å². The minimum absolute atomic E-state index is 0.134. The molecule has 8 nitrogen and oxygen atoms in total. The molecule has 0 amide bonds. The third kappa shape index (κ3) is 2.75. The number of carboxylic acid groups (broad SMARTS) is 1. The van der Waals surface area contributed by atoms with Crippen LogP contribution in [-0.2, 0) is 9.53 Å². The number of carbonyl (C=O) groups is 1. The lowest BCUT2D eigenvalue weighted by molar-refractivity contribution is -0.270. The summed E-state index contributed by atoms with van der Waals surface area (Å²) in [5.74, 6) is -1.33. The quantitative estimate of drug-likeness (QED) is 0.533. The van der Waals surface area contributed by atoms with Crippen molar-refractivity contribution in [3.8, 4) is 5.75 Å². The van der Waals surface area contributed by atoms with Gasteiger partial charge in [0.25, 0.3) is 0 Å². The van der Waals surface area contributed by atoms with E-state index in [4.69, 9.17) is 26.2 Å². The predicted molar refractivity (Wildman–Crippen MR) is 78.3 cm³/mol. The average molecular weight is 344 g/mol. The molecule has 0 saturated carbocycles. The smallest absolute Gasteiger partial charge is 0.335 e. The topological polar surface area (TPSA) is 132 Å². The lowest BCUT2D eigenvalue weighted by Crippen LogP contribution is -2.61. The molecular formula is C14H14ClNO7. The van der Waals surface area contributed by atoms with E-state index in [-0.39, 0.29) is 10.9 Å². The van der Waals surface area contributed by atoms with Gasteiger partial charge in [0.2, 0.25) is 6.29 Å². The molecule has 1 aliphatic heterocycles. The Kier molecular flexibility index (Phi) is 4.17. The van der Waals surface area contributed by atoms with Crippen molar-refractivity contribution in [1.82, 2.24) is 4.98 Å². The number of rotatable bonds is 3. The summed E-state index contributed by atoms with van der Waals surface area (Å²) in [4.78, 5) is 13.9. The van der Waals surface area contributed by atoms with Crippen LogP contribution in [0.5, 0.6) is 5.75 Å². The Balaban J connectivity index is 1.91. The fraction of sp³-hybridized carbons (Fsp3) is 0.357. The van der Waals surface area contributed by atoms with Gasteiger partial charge in [-0.15, -0.1) is 0 Å². The maximum absolute atomic E-state index is 11.1. The van der Waals surface area contributed by atoms with Crippen molar-refractivity contribution in [1.29, 1.82) is 0 Å². The zero-order valence-electron chi connectivity index (χ0n) is 11.6. The molecule has 2 aromatic rings. The first-order chi connectivity index (χ1) is 10.9. The Morgan fingerprint density at radius 1 is 1.17 bits per heavy atom. The third-order valence-electron chi connectivity index (χ3n) is 3.66. The summed E-state index contributed by atoms with van der Waals surface area (Å²) >= 11 is 6.05. The van der Waals surface area contributed by atoms with Crippen molar-refractivity contribution in [3.05, 3.63) is 29.4 Å². The molecule has 23 heavy (non-hydrogen) atoms. The number of nitrogens with one attached hydrogen (secondary N) is 1. The molecule has 0 unspecified atom stereocenters. The molecule has 1 fully saturated rings. The minimum atomic E-state index is -1.78. The second kappa shape index (κ2) is 5.99. The molecule has 0 aliphatic carbocycles. The highest BCUT2D eigenvalue weighted by atomic mass is 35.5. The van der Waals surface area contributed by atoms with Gasteiger partial charge < -0.3 is 34.9 Å². The number of hydrogen-bond acceptors (Lipinski definition) is 6. The van der Waals surface area contributed by atoms with E-state index in [2.05, 4.69) is 4.98 Å². The van der Waals surface area contributed by atoms with Crippen LogP contribution in [0.25, 0.3) is 10.9 Å². The Morgan fingerprint density at radius 2 is 1.87 bits per heavy atom. The number of carboxylic acids is 1. The summed E-state index contributed by atoms with van der Waals surface area (Å²) in [6.07, 6.45) is -8.40. The number of fused-ring (bicyclic) bond motifs is 1. The molecular weight excluding hydrogens is 330 g/mol. The molecule has 3 rings (SSSR count). The highest BCUT2D eigenvalue weighted by Crippen LogP contribution is 2.36. The van der Waals surface area contributed by atoms with Crippen molar-refractivity contribution in [2.45, 2.75) is 30.7 Å². The molecule has 0 spiro atoms. The number of para-hydroxylation sites is 1. The second-order valence-electron chi connectivity index (χ2n) is 5.17. The number of aliphatic carboxylic acids is 1. The van der Waals surface area contributed by atoms with Crippen LogP contribution in [0.15, 0.2) is 24.3 Å². The van der Waals surface area contributed by atoms with E-state index < -0.39 is 36.7 Å². The van der Waals surface area contributed by atoms with Gasteiger partial charge in [-0.05, 0) is 12.1 Å². The maximum Gasteiger partial charge on any atom is 0.335 e. The zero-order chi connectivity index (χ0) is 16.7. The van der Waals surface area contributed by atoms with Gasteiger partial charge in [0.05, 0.1) is 5.52 Å². The van der Waals surface area contributed by atoms with E-state index in [1.165, 1.54) is 0 Å². The standard InChI is InChI=1S/C14H14ClNO7/c15-12-10(5-3-1-2-4-6(5)16-12)22-14-9(19)7(17)8(18)11(23-14)13(20)21/h1-4,7-9,11,14,16-19H,(H,20,21)/t7-,8-,9+,11-,14+/m0/s1. The Morgan fingerprint density at radius 3 is 2.57 bits per heavy atom. The first kappa shape index (κ1) is 16.0. The van der Waals surface area contributed by atoms with Crippen LogP contribution in [0, 0.1) is 0 Å². The van der Waals surface area contributed by atoms with E-state index in [9.17, 15) is 20.1 Å². The molecule has 124 valence electrons. The predicted octanol–water partition coefficient (Wildman–Crippen LogP) is 0.0923. The number of H-pyrrole nitrogens is 1. The molecule has 5 atom stereocenters. The van der Waals surface area contributed by atoms with Crippen molar-refractivity contribution in [2.24, 2.45) is 0 Å². The SMILES string of the molecule is O=C(O)[C@H]1O[C@@H](Oc2c(Cl)[nH]c3ccccc23)[C@H](O)[C@@H](O)[C@@H]1O. The molecule has 5 N–H and O–H groups in total. The average Bonchev–Trinajstić information content (AvgIpc) is 2.83. The van der Waals surface area contributed by atoms with Crippen LogP contribution < -0.4 is 4.74 Å². The monoisotopic (exact) mass is 343 g/mol. The Labute approximate surface area is 134 Å². The summed E-state index contributed by atoms with van der Waals surface area (Å²) in [5, 5.41) is 39.1. The normalized spacial score (nSPS) is 31.2. The zero-order valence-corrected chi connectivity index (χ0v) is 12.3. The summed E-state index contributed by atoms with van der Waals surface area (Å²) in [5.41, 5.74) is 0.674. The van der Waals surface area contributed by atoms with Crippen LogP contribution >= 0.6 is 11.6 Å². The van der Waals surface area contributed by atoms with E-state index in [1.807, 2.05) is 0 Å². The molecule has 9 heteroatoms. The van der Waals surface area contributed by atoms with Gasteiger partial charge in [0.1, 0.15) is 23.5 Å². The van der Waals surface area contributed by atoms with Gasteiger partial charge in [0.15, 0.2) is 11.9 Å². The van der Waals surface area contributed by atoms with Gasteiger partial charge in [0, 0.05) is 5.39 Å². The molecule has 0 radical (unpaired) electrons. The van der Waals surface area contributed by atoms with Crippen LogP contribution in [0.4, 0.5) is 0 Å². The minimum Gasteiger partial charge on any atom is -0.479 e. The van der Waals surface area contributed by atoms with Crippen LogP contribution in [0.1, 0.15) is 0 Å². The van der Waals surface area contributed by atoms with Crippen molar-refractivity contribution in [3.63, 3.8) is 0 Å². The van der Waals surface area contributed by atoms with Gasteiger partial charge >= 0.3 is 5.97 Å². The Hall–Kier alpha value is -1.84. The summed E-state index contributed by atoms with van der Waals surface area (Å²) in [6.45, 7) is 0. The van der Waals surface area contributed by atoms with Crippen molar-refractivity contribution in [2.75, 3.05) is 0 Å². The number of hydrogen-bond donors (Lipinski definition) is 5. The van der Waals surface area contributed by atoms with E-state index in [0.29, 0.717) is 10.9 Å². The number of aromatic nitrogens is 1. The molecule has 1 aliphatic rings. The number of aromatic amines is 1. The molecule has 1 saturated heterocycles. The molecule has 1 aromatic heterocycles. The molecule has 0 bridgehead atoms. The first-order valence-corrected chi connectivity index (χ1v) is 7.13. The Bertz CT molecular complexity index is 733. The van der Waals surface area contributed by atoms with Crippen molar-refractivity contribution >= 4 is 28.5 Å². The largest absolute Gasteiger partial charge is 0.479 e. The van der Waals surface area contributed by atoms with E-state index >= 15 is 0 Å². The van der Waals surface area contributed by atoms with Crippen molar-refractivity contribution < 1.29 is 34.7 Å². The number of aliphatic hydroxyl groups is 3. The summed E-state index contributed by atoms with van der Waals surface area (Å²) < 4.78 is 10.5. The number of ether oxygens (including phenoxy) is 2. The number of benzene rings is 1. The van der Waals surface area contributed by atoms with Gasteiger partial charge in [-0.1, -0.05) is 23.7 Å². The molecule has 2 heterocycles. The highest BCUT2D eigenvalue weighted by Gasteiger charge is 2.48. The van der Waals surface area contributed by atoms with E-state index in [1.54, 1.807) is 24.3 Å². The maximum atomic E-state index is 11.1. The van der Waals surface area contributed by atoms with Crippen LogP contribution in [0.2, 0.25) is 5.15 Å². The van der Waals surface area contributed by atoms with Gasteiger partial charge in [-0.3, -0.25) is 0 Å². The van der Waals surface area contributed by atoms with Gasteiger partial charge in [-0.2, -0.15) is 0 Å². The lowest BCUT2D eigenvalue weighted by Gasteiger charge is -2.38. The summed E-state index contributed by atoms with van der Waals surface area (Å²) in [7, 11) is 0. The van der Waals surface area contributed by atoms with Gasteiger partial charge in [-0.25, -0.2) is 4.79 Å². The summed E-state index contributed by atoms with van der Waals surface area (Å²) in [6, 6.07) is 6.99. The fourth-order valence-electron chi connectivity index (χ4n) is 2.46. The lowest BCUT2D eigenvalue weighted by atomic mass is 9.99. The fourth-order valence-corrected chi connectivity index (χ4v) is 2.71. The van der Waals surface area contributed by atoms with Crippen LogP contribution in [0.3, 0.4) is 0 Å². The number of aliphatic hydroxyl groups excluding tert-OH is 3. The first-order valence-electron chi connectivity index (χ1n) is 6.75. The third-order valence-corrected chi connectivity index (χ3v) is 3.93. The van der Waals surface area contributed by atoms with Crippen LogP contribution in [-0.4, -0.2) is 62.1 Å².